The summed E-state index contributed by atoms with van der Waals surface area (Å²) in [5.41, 5.74) is 1.24. The highest BCUT2D eigenvalue weighted by atomic mass is 35.5. The maximum atomic E-state index is 11.9. The van der Waals surface area contributed by atoms with Gasteiger partial charge in [0.15, 0.2) is 0 Å². The molecular weight excluding hydrogens is 276 g/mol. The number of carbonyl (C=O) groups is 1. The van der Waals surface area contributed by atoms with Crippen molar-refractivity contribution in [3.05, 3.63) is 52.9 Å². The van der Waals surface area contributed by atoms with E-state index in [2.05, 4.69) is 11.4 Å². The Morgan fingerprint density at radius 3 is 2.45 bits per heavy atom. The topological polar surface area (TPSA) is 66.0 Å². The molecule has 0 aliphatic rings. The number of nitriles is 1. The molecule has 0 unspecified atom stereocenters. The van der Waals surface area contributed by atoms with Crippen molar-refractivity contribution in [3.63, 3.8) is 0 Å². The van der Waals surface area contributed by atoms with Gasteiger partial charge in [0.1, 0.15) is 0 Å². The predicted molar refractivity (Wildman–Crippen MR) is 76.8 cm³/mol. The van der Waals surface area contributed by atoms with E-state index in [0.29, 0.717) is 5.69 Å². The highest BCUT2D eigenvalue weighted by molar-refractivity contribution is 6.32. The minimum atomic E-state index is -0.559. The van der Waals surface area contributed by atoms with Crippen molar-refractivity contribution < 1.29 is 9.21 Å². The minimum absolute atomic E-state index is 0.0599. The van der Waals surface area contributed by atoms with Gasteiger partial charge in [-0.2, -0.15) is 5.26 Å². The number of hydrogen-bond donors (Lipinski definition) is 1. The summed E-state index contributed by atoms with van der Waals surface area (Å²) in [4.78, 5) is 11.9. The fraction of sp³-hybridized carbons (Fsp3) is 0.200. The normalized spacial score (nSPS) is 10.9. The Balaban J connectivity index is 2.15. The van der Waals surface area contributed by atoms with Crippen molar-refractivity contribution in [1.82, 2.24) is 0 Å². The van der Waals surface area contributed by atoms with Crippen molar-refractivity contribution in [2.75, 3.05) is 5.32 Å². The number of nitrogens with zero attached hydrogens (tertiary/aromatic N) is 1. The van der Waals surface area contributed by atoms with Crippen LogP contribution in [0.5, 0.6) is 0 Å². The molecule has 0 spiro atoms. The van der Waals surface area contributed by atoms with E-state index < -0.39 is 5.41 Å². The van der Waals surface area contributed by atoms with E-state index in [1.54, 1.807) is 12.1 Å². The van der Waals surface area contributed by atoms with E-state index in [1.165, 1.54) is 12.3 Å². The summed E-state index contributed by atoms with van der Waals surface area (Å²) in [7, 11) is 0. The van der Waals surface area contributed by atoms with Crippen LogP contribution in [0.4, 0.5) is 5.69 Å². The standard InChI is InChI=1S/C15H13ClN2O2/c1-15(2,9-17)10-3-5-11(6-4-10)18-14(19)12-7-8-20-13(12)16/h3-8H,1-2H3,(H,18,19). The van der Waals surface area contributed by atoms with E-state index in [9.17, 15) is 4.79 Å². The third-order valence-electron chi connectivity index (χ3n) is 3.01. The second kappa shape index (κ2) is 5.40. The summed E-state index contributed by atoms with van der Waals surface area (Å²) in [6.45, 7) is 3.68. The summed E-state index contributed by atoms with van der Waals surface area (Å²) in [5, 5.41) is 11.8. The van der Waals surface area contributed by atoms with Gasteiger partial charge in [0.25, 0.3) is 5.91 Å². The number of furan rings is 1. The summed E-state index contributed by atoms with van der Waals surface area (Å²) in [6, 6.07) is 10.9. The fourth-order valence-corrected chi connectivity index (χ4v) is 1.89. The molecule has 2 rings (SSSR count). The zero-order valence-electron chi connectivity index (χ0n) is 11.1. The molecule has 0 atom stereocenters. The van der Waals surface area contributed by atoms with E-state index in [1.807, 2.05) is 26.0 Å². The summed E-state index contributed by atoms with van der Waals surface area (Å²) < 4.78 is 4.87. The van der Waals surface area contributed by atoms with Gasteiger partial charge in [-0.25, -0.2) is 0 Å². The van der Waals surface area contributed by atoms with Crippen LogP contribution in [0.25, 0.3) is 0 Å². The van der Waals surface area contributed by atoms with Gasteiger partial charge < -0.3 is 9.73 Å². The number of rotatable bonds is 3. The highest BCUT2D eigenvalue weighted by Gasteiger charge is 2.19. The Morgan fingerprint density at radius 2 is 1.95 bits per heavy atom. The van der Waals surface area contributed by atoms with Crippen LogP contribution in [0.3, 0.4) is 0 Å². The first-order valence-electron chi connectivity index (χ1n) is 6.00. The van der Waals surface area contributed by atoms with Gasteiger partial charge in [0.2, 0.25) is 5.22 Å². The van der Waals surface area contributed by atoms with Gasteiger partial charge >= 0.3 is 0 Å². The van der Waals surface area contributed by atoms with E-state index in [4.69, 9.17) is 21.3 Å². The second-order valence-corrected chi connectivity index (χ2v) is 5.22. The predicted octanol–water partition coefficient (Wildman–Crippen LogP) is 3.99. The molecule has 2 aromatic rings. The number of halogens is 1. The number of hydrogen-bond acceptors (Lipinski definition) is 3. The first-order chi connectivity index (χ1) is 9.44. The van der Waals surface area contributed by atoms with Crippen LogP contribution in [0.2, 0.25) is 5.22 Å². The summed E-state index contributed by atoms with van der Waals surface area (Å²) in [6.07, 6.45) is 1.36. The van der Waals surface area contributed by atoms with Crippen LogP contribution < -0.4 is 5.32 Å². The van der Waals surface area contributed by atoms with Gasteiger partial charge in [-0.1, -0.05) is 12.1 Å². The lowest BCUT2D eigenvalue weighted by atomic mass is 9.86. The fourth-order valence-electron chi connectivity index (χ4n) is 1.69. The van der Waals surface area contributed by atoms with Crippen LogP contribution in [0.15, 0.2) is 41.0 Å². The molecule has 5 heteroatoms. The number of benzene rings is 1. The summed E-state index contributed by atoms with van der Waals surface area (Å²) >= 11 is 5.74. The molecule has 0 radical (unpaired) electrons. The molecule has 20 heavy (non-hydrogen) atoms. The van der Waals surface area contributed by atoms with Gasteiger partial charge in [0.05, 0.1) is 23.3 Å². The third kappa shape index (κ3) is 2.84. The lowest BCUT2D eigenvalue weighted by Crippen LogP contribution is -2.14. The molecular formula is C15H13ClN2O2. The maximum Gasteiger partial charge on any atom is 0.260 e. The van der Waals surface area contributed by atoms with Crippen molar-refractivity contribution in [2.45, 2.75) is 19.3 Å². The van der Waals surface area contributed by atoms with E-state index >= 15 is 0 Å². The number of amides is 1. The van der Waals surface area contributed by atoms with Crippen LogP contribution in [-0.2, 0) is 5.41 Å². The lowest BCUT2D eigenvalue weighted by Gasteiger charge is -2.16. The van der Waals surface area contributed by atoms with Crippen LogP contribution >= 0.6 is 11.6 Å². The van der Waals surface area contributed by atoms with Gasteiger partial charge in [0, 0.05) is 5.69 Å². The second-order valence-electron chi connectivity index (χ2n) is 4.88. The van der Waals surface area contributed by atoms with Crippen LogP contribution in [0, 0.1) is 11.3 Å². The zero-order valence-corrected chi connectivity index (χ0v) is 11.9. The monoisotopic (exact) mass is 288 g/mol. The minimum Gasteiger partial charge on any atom is -0.452 e. The average molecular weight is 289 g/mol. The molecule has 1 N–H and O–H groups in total. The average Bonchev–Trinajstić information content (AvgIpc) is 2.85. The van der Waals surface area contributed by atoms with Crippen molar-refractivity contribution >= 4 is 23.2 Å². The Labute approximate surface area is 122 Å². The molecule has 0 saturated heterocycles. The zero-order chi connectivity index (χ0) is 14.8. The molecule has 0 aliphatic heterocycles. The molecule has 0 fully saturated rings. The third-order valence-corrected chi connectivity index (χ3v) is 3.30. The highest BCUT2D eigenvalue weighted by Crippen LogP contribution is 2.24. The quantitative estimate of drug-likeness (QED) is 0.928. The van der Waals surface area contributed by atoms with Crippen LogP contribution in [-0.4, -0.2) is 5.91 Å². The van der Waals surface area contributed by atoms with E-state index in [-0.39, 0.29) is 16.7 Å². The number of carbonyl (C=O) groups excluding carboxylic acids is 1. The molecule has 0 aliphatic carbocycles. The Hall–Kier alpha value is -2.25. The smallest absolute Gasteiger partial charge is 0.260 e. The number of nitrogens with one attached hydrogen (secondary N) is 1. The van der Waals surface area contributed by atoms with Crippen molar-refractivity contribution in [3.8, 4) is 6.07 Å². The van der Waals surface area contributed by atoms with Crippen molar-refractivity contribution in [2.24, 2.45) is 0 Å². The first-order valence-corrected chi connectivity index (χ1v) is 6.38. The molecule has 0 saturated carbocycles. The van der Waals surface area contributed by atoms with Crippen LogP contribution in [0.1, 0.15) is 29.8 Å². The largest absolute Gasteiger partial charge is 0.452 e. The molecule has 4 nitrogen and oxygen atoms in total. The van der Waals surface area contributed by atoms with Gasteiger partial charge in [-0.15, -0.1) is 0 Å². The maximum absolute atomic E-state index is 11.9. The molecule has 1 heterocycles. The first kappa shape index (κ1) is 14.2. The van der Waals surface area contributed by atoms with Gasteiger partial charge in [-0.05, 0) is 49.2 Å². The lowest BCUT2D eigenvalue weighted by molar-refractivity contribution is 0.102. The van der Waals surface area contributed by atoms with Gasteiger partial charge in [-0.3, -0.25) is 4.79 Å². The Bertz CT molecular complexity index is 666. The molecule has 1 aromatic heterocycles. The SMILES string of the molecule is CC(C)(C#N)c1ccc(NC(=O)c2ccoc2Cl)cc1. The van der Waals surface area contributed by atoms with E-state index in [0.717, 1.165) is 5.56 Å². The molecule has 102 valence electrons. The van der Waals surface area contributed by atoms with Crippen molar-refractivity contribution in [1.29, 1.82) is 5.26 Å². The Morgan fingerprint density at radius 1 is 1.30 bits per heavy atom. The Kier molecular flexibility index (Phi) is 3.82. The molecule has 0 bridgehead atoms. The molecule has 1 aromatic carbocycles. The number of anilines is 1. The summed E-state index contributed by atoms with van der Waals surface area (Å²) in [5.74, 6) is -0.337. The molecule has 1 amide bonds.